The molecule has 24 heavy (non-hydrogen) atoms. The van der Waals surface area contributed by atoms with Crippen molar-refractivity contribution < 1.29 is 19.4 Å². The molecule has 7 heteroatoms. The molecule has 0 saturated heterocycles. The summed E-state index contributed by atoms with van der Waals surface area (Å²) < 4.78 is 4.93. The van der Waals surface area contributed by atoms with Gasteiger partial charge in [0.25, 0.3) is 5.91 Å². The van der Waals surface area contributed by atoms with Gasteiger partial charge in [-0.1, -0.05) is 30.3 Å². The lowest BCUT2D eigenvalue weighted by Crippen LogP contribution is -2.32. The lowest BCUT2D eigenvalue weighted by atomic mass is 10.2. The van der Waals surface area contributed by atoms with Gasteiger partial charge in [0, 0.05) is 25.6 Å². The molecular formula is C17H19N3O4. The molecule has 0 saturated carbocycles. The molecular weight excluding hydrogens is 310 g/mol. The summed E-state index contributed by atoms with van der Waals surface area (Å²) in [6.07, 6.45) is 0.379. The van der Waals surface area contributed by atoms with E-state index in [9.17, 15) is 9.59 Å². The highest BCUT2D eigenvalue weighted by molar-refractivity contribution is 5.92. The van der Waals surface area contributed by atoms with Crippen LogP contribution >= 0.6 is 0 Å². The highest BCUT2D eigenvalue weighted by Gasteiger charge is 2.18. The smallest absolute Gasteiger partial charge is 0.303 e. The number of carbonyl (C=O) groups excluding carboxylic acids is 1. The Labute approximate surface area is 139 Å². The summed E-state index contributed by atoms with van der Waals surface area (Å²) in [6, 6.07) is 12.6. The normalized spacial score (nSPS) is 10.2. The van der Waals surface area contributed by atoms with E-state index in [1.807, 2.05) is 30.3 Å². The number of hydrogen-bond acceptors (Lipinski definition) is 5. The molecule has 0 radical (unpaired) electrons. The highest BCUT2D eigenvalue weighted by Crippen LogP contribution is 2.11. The van der Waals surface area contributed by atoms with Gasteiger partial charge >= 0.3 is 5.97 Å². The summed E-state index contributed by atoms with van der Waals surface area (Å²) in [5, 5.41) is 16.5. The van der Waals surface area contributed by atoms with Gasteiger partial charge < -0.3 is 14.7 Å². The van der Waals surface area contributed by atoms with Gasteiger partial charge in [-0.2, -0.15) is 0 Å². The second-order valence-electron chi connectivity index (χ2n) is 5.17. The maximum absolute atomic E-state index is 12.7. The first-order valence-electron chi connectivity index (χ1n) is 7.53. The molecule has 0 atom stereocenters. The summed E-state index contributed by atoms with van der Waals surface area (Å²) >= 11 is 0. The zero-order chi connectivity index (χ0) is 17.4. The number of aliphatic carboxylic acids is 1. The number of aromatic nitrogens is 2. The number of methoxy groups -OCH3 is 1. The number of benzene rings is 1. The number of nitrogens with zero attached hydrogens (tertiary/aromatic N) is 3. The van der Waals surface area contributed by atoms with Crippen LogP contribution in [0.1, 0.15) is 28.9 Å². The molecule has 1 N–H and O–H groups in total. The van der Waals surface area contributed by atoms with Crippen LogP contribution in [0.4, 0.5) is 0 Å². The Bertz CT molecular complexity index is 674. The predicted molar refractivity (Wildman–Crippen MR) is 86.6 cm³/mol. The van der Waals surface area contributed by atoms with E-state index in [1.54, 1.807) is 17.0 Å². The fourth-order valence-corrected chi connectivity index (χ4v) is 2.18. The molecule has 1 aromatic carbocycles. The second-order valence-corrected chi connectivity index (χ2v) is 5.17. The van der Waals surface area contributed by atoms with Crippen molar-refractivity contribution in [1.29, 1.82) is 0 Å². The van der Waals surface area contributed by atoms with E-state index < -0.39 is 5.97 Å². The molecule has 0 unspecified atom stereocenters. The number of rotatable bonds is 8. The number of carboxylic acid groups (broad SMARTS) is 1. The average molecular weight is 329 g/mol. The van der Waals surface area contributed by atoms with Crippen LogP contribution in [0.2, 0.25) is 0 Å². The third kappa shape index (κ3) is 5.05. The first-order valence-corrected chi connectivity index (χ1v) is 7.53. The average Bonchev–Trinajstić information content (AvgIpc) is 2.61. The number of carboxylic acids is 1. The molecule has 0 aliphatic carbocycles. The molecule has 2 aromatic rings. The number of ether oxygens (including phenoxy) is 1. The molecule has 1 amide bonds. The molecule has 1 heterocycles. The SMILES string of the molecule is COc1ccc(C(=O)N(CCCC(=O)O)Cc2ccccc2)nn1. The maximum Gasteiger partial charge on any atom is 0.303 e. The van der Waals surface area contributed by atoms with E-state index in [4.69, 9.17) is 9.84 Å². The third-order valence-corrected chi connectivity index (χ3v) is 3.39. The van der Waals surface area contributed by atoms with E-state index in [0.29, 0.717) is 25.4 Å². The van der Waals surface area contributed by atoms with Gasteiger partial charge in [-0.05, 0) is 18.1 Å². The fourth-order valence-electron chi connectivity index (χ4n) is 2.18. The van der Waals surface area contributed by atoms with Crippen LogP contribution < -0.4 is 4.74 Å². The van der Waals surface area contributed by atoms with Crippen molar-refractivity contribution >= 4 is 11.9 Å². The minimum Gasteiger partial charge on any atom is -0.481 e. The Balaban J connectivity index is 2.12. The fraction of sp³-hybridized carbons (Fsp3) is 0.294. The van der Waals surface area contributed by atoms with E-state index in [1.165, 1.54) is 7.11 Å². The zero-order valence-corrected chi connectivity index (χ0v) is 13.4. The number of carbonyl (C=O) groups is 2. The van der Waals surface area contributed by atoms with E-state index in [2.05, 4.69) is 10.2 Å². The Hall–Kier alpha value is -2.96. The lowest BCUT2D eigenvalue weighted by molar-refractivity contribution is -0.137. The van der Waals surface area contributed by atoms with Crippen molar-refractivity contribution in [3.05, 3.63) is 53.7 Å². The first kappa shape index (κ1) is 17.4. The van der Waals surface area contributed by atoms with Crippen molar-refractivity contribution in [2.75, 3.05) is 13.7 Å². The number of amides is 1. The quantitative estimate of drug-likeness (QED) is 0.796. The predicted octanol–water partition coefficient (Wildman–Crippen LogP) is 1.99. The molecule has 0 spiro atoms. The molecule has 1 aromatic heterocycles. The number of hydrogen-bond donors (Lipinski definition) is 1. The minimum atomic E-state index is -0.883. The molecule has 0 fully saturated rings. The highest BCUT2D eigenvalue weighted by atomic mass is 16.5. The van der Waals surface area contributed by atoms with Gasteiger partial charge in [0.2, 0.25) is 5.88 Å². The molecule has 0 aliphatic heterocycles. The Kier molecular flexibility index (Phi) is 6.24. The van der Waals surface area contributed by atoms with Crippen molar-refractivity contribution in [3.8, 4) is 5.88 Å². The van der Waals surface area contributed by atoms with Gasteiger partial charge in [0.1, 0.15) is 0 Å². The van der Waals surface area contributed by atoms with Crippen LogP contribution in [0.25, 0.3) is 0 Å². The van der Waals surface area contributed by atoms with Gasteiger partial charge in [-0.25, -0.2) is 0 Å². The second kappa shape index (κ2) is 8.61. The van der Waals surface area contributed by atoms with Crippen molar-refractivity contribution in [2.24, 2.45) is 0 Å². The lowest BCUT2D eigenvalue weighted by Gasteiger charge is -2.22. The molecule has 0 aliphatic rings. The van der Waals surface area contributed by atoms with Crippen LogP contribution in [0.15, 0.2) is 42.5 Å². The maximum atomic E-state index is 12.7. The first-order chi connectivity index (χ1) is 11.6. The van der Waals surface area contributed by atoms with Gasteiger partial charge in [0.15, 0.2) is 5.69 Å². The van der Waals surface area contributed by atoms with Crippen molar-refractivity contribution in [1.82, 2.24) is 15.1 Å². The topological polar surface area (TPSA) is 92.6 Å². The van der Waals surface area contributed by atoms with E-state index in [0.717, 1.165) is 5.56 Å². The van der Waals surface area contributed by atoms with Crippen LogP contribution in [0, 0.1) is 0 Å². The summed E-state index contributed by atoms with van der Waals surface area (Å²) in [5.41, 5.74) is 1.16. The Morgan fingerprint density at radius 2 is 1.88 bits per heavy atom. The Morgan fingerprint density at radius 3 is 2.46 bits per heavy atom. The summed E-state index contributed by atoms with van der Waals surface area (Å²) in [7, 11) is 1.47. The summed E-state index contributed by atoms with van der Waals surface area (Å²) in [4.78, 5) is 24.9. The minimum absolute atomic E-state index is 0.00681. The standard InChI is InChI=1S/C17H19N3O4/c1-24-15-10-9-14(18-19-15)17(23)20(11-5-8-16(21)22)12-13-6-3-2-4-7-13/h2-4,6-7,9-10H,5,8,11-12H2,1H3,(H,21,22). The molecule has 0 bridgehead atoms. The molecule has 126 valence electrons. The van der Waals surface area contributed by atoms with Gasteiger partial charge in [0.05, 0.1) is 7.11 Å². The monoisotopic (exact) mass is 329 g/mol. The largest absolute Gasteiger partial charge is 0.481 e. The van der Waals surface area contributed by atoms with Crippen LogP contribution in [-0.4, -0.2) is 45.7 Å². The van der Waals surface area contributed by atoms with Crippen LogP contribution in [-0.2, 0) is 11.3 Å². The van der Waals surface area contributed by atoms with Crippen molar-refractivity contribution in [2.45, 2.75) is 19.4 Å². The van der Waals surface area contributed by atoms with Gasteiger partial charge in [-0.3, -0.25) is 9.59 Å². The van der Waals surface area contributed by atoms with Crippen LogP contribution in [0.5, 0.6) is 5.88 Å². The zero-order valence-electron chi connectivity index (χ0n) is 13.4. The summed E-state index contributed by atoms with van der Waals surface area (Å²) in [5.74, 6) is -0.849. The molecule has 7 nitrogen and oxygen atoms in total. The van der Waals surface area contributed by atoms with E-state index in [-0.39, 0.29) is 18.0 Å². The van der Waals surface area contributed by atoms with Crippen molar-refractivity contribution in [3.63, 3.8) is 0 Å². The van der Waals surface area contributed by atoms with Gasteiger partial charge in [-0.15, -0.1) is 10.2 Å². The summed E-state index contributed by atoms with van der Waals surface area (Å²) in [6.45, 7) is 0.709. The third-order valence-electron chi connectivity index (χ3n) is 3.39. The van der Waals surface area contributed by atoms with Crippen LogP contribution in [0.3, 0.4) is 0 Å². The molecule has 2 rings (SSSR count). The Morgan fingerprint density at radius 1 is 1.12 bits per heavy atom. The van der Waals surface area contributed by atoms with E-state index >= 15 is 0 Å².